The highest BCUT2D eigenvalue weighted by atomic mass is 28.3. The number of nitrogens with zero attached hydrogens (tertiary/aromatic N) is 3. The Kier molecular flexibility index (Phi) is 6.96. The van der Waals surface area contributed by atoms with Crippen LogP contribution in [-0.4, -0.2) is 47.8 Å². The van der Waals surface area contributed by atoms with Crippen molar-refractivity contribution < 1.29 is 23.5 Å². The van der Waals surface area contributed by atoms with Gasteiger partial charge < -0.3 is 24.3 Å². The van der Waals surface area contributed by atoms with E-state index in [1.807, 2.05) is 0 Å². The summed E-state index contributed by atoms with van der Waals surface area (Å²) >= 11 is 0. The molecule has 0 fully saturated rings. The molecule has 11 heteroatoms. The smallest absolute Gasteiger partial charge is 0.325 e. The third-order valence-electron chi connectivity index (χ3n) is 5.56. The molecular weight excluding hydrogens is 459 g/mol. The molecule has 34 heavy (non-hydrogen) atoms. The molecule has 0 aliphatic heterocycles. The summed E-state index contributed by atoms with van der Waals surface area (Å²) in [5.74, 6) is -1.91. The van der Waals surface area contributed by atoms with Gasteiger partial charge in [0.15, 0.2) is 0 Å². The van der Waals surface area contributed by atoms with Crippen LogP contribution < -0.4 is 16.0 Å². The van der Waals surface area contributed by atoms with Crippen LogP contribution in [0.5, 0.6) is 5.75 Å². The molecule has 182 valence electrons. The van der Waals surface area contributed by atoms with E-state index >= 15 is 4.39 Å². The van der Waals surface area contributed by atoms with E-state index in [2.05, 4.69) is 24.6 Å². The van der Waals surface area contributed by atoms with Gasteiger partial charge in [0.05, 0.1) is 31.0 Å². The summed E-state index contributed by atoms with van der Waals surface area (Å²) < 4.78 is 28.9. The number of hydrogen-bond donors (Lipinski definition) is 1. The molecule has 0 radical (unpaired) electrons. The van der Waals surface area contributed by atoms with E-state index in [1.165, 1.54) is 48.8 Å². The molecule has 0 unspecified atom stereocenters. The average molecular weight is 489 g/mol. The van der Waals surface area contributed by atoms with Crippen molar-refractivity contribution in [3.63, 3.8) is 0 Å². The molecule has 9 nitrogen and oxygen atoms in total. The zero-order valence-electron chi connectivity index (χ0n) is 20.2. The summed E-state index contributed by atoms with van der Waals surface area (Å²) in [5, 5.41) is 0.107. The second-order valence-corrected chi connectivity index (χ2v) is 15.0. The van der Waals surface area contributed by atoms with Crippen LogP contribution in [0.4, 0.5) is 4.39 Å². The summed E-state index contributed by atoms with van der Waals surface area (Å²) in [6, 6.07) is 2.11. The maximum atomic E-state index is 15.7. The molecule has 1 aromatic carbocycles. The van der Waals surface area contributed by atoms with Crippen LogP contribution in [0.15, 0.2) is 23.4 Å². The number of ether oxygens (including phenoxy) is 2. The Hall–Kier alpha value is -3.47. The van der Waals surface area contributed by atoms with E-state index in [1.54, 1.807) is 0 Å². The molecule has 2 heterocycles. The van der Waals surface area contributed by atoms with Gasteiger partial charge in [0.2, 0.25) is 0 Å². The summed E-state index contributed by atoms with van der Waals surface area (Å²) in [4.78, 5) is 41.4. The summed E-state index contributed by atoms with van der Waals surface area (Å²) in [6.45, 7) is 8.15. The van der Waals surface area contributed by atoms with Gasteiger partial charge in [-0.25, -0.2) is 9.37 Å². The minimum Gasteiger partial charge on any atom is -0.493 e. The third-order valence-corrected chi connectivity index (χ3v) is 7.26. The van der Waals surface area contributed by atoms with E-state index in [4.69, 9.17) is 15.2 Å². The molecule has 2 aromatic heterocycles. The molecule has 3 rings (SSSR count). The summed E-state index contributed by atoms with van der Waals surface area (Å²) in [7, 11) is 1.33. The SMILES string of the molecule is COC(=O)Cn1cc(-c2cc(C(N)=O)c(OCC[Si](C)(C)C)c(C)c2F)c2c(=O)n(C)cnc21. The molecule has 2 N–H and O–H groups in total. The predicted octanol–water partition coefficient (Wildman–Crippen LogP) is 2.84. The normalized spacial score (nSPS) is 11.6. The van der Waals surface area contributed by atoms with Gasteiger partial charge in [-0.15, -0.1) is 0 Å². The van der Waals surface area contributed by atoms with Crippen molar-refractivity contribution in [2.75, 3.05) is 13.7 Å². The Bertz CT molecular complexity index is 1340. The van der Waals surface area contributed by atoms with Gasteiger partial charge in [0.1, 0.15) is 23.8 Å². The lowest BCUT2D eigenvalue weighted by molar-refractivity contribution is -0.141. The first kappa shape index (κ1) is 25.2. The fourth-order valence-electron chi connectivity index (χ4n) is 3.59. The number of nitrogens with two attached hydrogens (primary N) is 1. The zero-order chi connectivity index (χ0) is 25.4. The maximum Gasteiger partial charge on any atom is 0.325 e. The third kappa shape index (κ3) is 4.88. The Morgan fingerprint density at radius 2 is 1.91 bits per heavy atom. The van der Waals surface area contributed by atoms with Crippen molar-refractivity contribution in [3.05, 3.63) is 45.9 Å². The van der Waals surface area contributed by atoms with E-state index in [0.717, 1.165) is 6.04 Å². The number of carbonyl (C=O) groups excluding carboxylic acids is 2. The number of benzene rings is 1. The lowest BCUT2D eigenvalue weighted by Crippen LogP contribution is -2.23. The van der Waals surface area contributed by atoms with Gasteiger partial charge in [-0.1, -0.05) is 19.6 Å². The van der Waals surface area contributed by atoms with Gasteiger partial charge in [0, 0.05) is 38.0 Å². The topological polar surface area (TPSA) is 118 Å². The van der Waals surface area contributed by atoms with Crippen LogP contribution in [0.25, 0.3) is 22.2 Å². The number of primary amides is 1. The number of methoxy groups -OCH3 is 1. The Balaban J connectivity index is 2.24. The molecule has 0 aliphatic carbocycles. The summed E-state index contributed by atoms with van der Waals surface area (Å²) in [5.41, 5.74) is 5.67. The van der Waals surface area contributed by atoms with E-state index in [0.29, 0.717) is 6.61 Å². The number of aryl methyl sites for hydroxylation is 1. The number of aromatic nitrogens is 3. The molecule has 0 spiro atoms. The van der Waals surface area contributed by atoms with Gasteiger partial charge >= 0.3 is 5.97 Å². The highest BCUT2D eigenvalue weighted by molar-refractivity contribution is 6.76. The van der Waals surface area contributed by atoms with Crippen LogP contribution in [0.1, 0.15) is 15.9 Å². The van der Waals surface area contributed by atoms with Crippen LogP contribution in [0.2, 0.25) is 25.7 Å². The molecule has 1 amide bonds. The summed E-state index contributed by atoms with van der Waals surface area (Å²) in [6.07, 6.45) is 2.76. The van der Waals surface area contributed by atoms with Crippen LogP contribution in [0, 0.1) is 12.7 Å². The number of rotatable bonds is 8. The molecular formula is C23H29FN4O5Si. The number of halogens is 1. The molecule has 0 saturated heterocycles. The van der Waals surface area contributed by atoms with Crippen molar-refractivity contribution in [2.45, 2.75) is 39.2 Å². The Morgan fingerprint density at radius 1 is 1.24 bits per heavy atom. The number of amides is 1. The molecule has 0 saturated carbocycles. The minimum atomic E-state index is -1.43. The van der Waals surface area contributed by atoms with Crippen molar-refractivity contribution in [1.29, 1.82) is 0 Å². The lowest BCUT2D eigenvalue weighted by atomic mass is 9.98. The molecule has 0 aliphatic rings. The van der Waals surface area contributed by atoms with Crippen LogP contribution in [0.3, 0.4) is 0 Å². The van der Waals surface area contributed by atoms with Gasteiger partial charge in [-0.3, -0.25) is 14.4 Å². The van der Waals surface area contributed by atoms with Gasteiger partial charge in [-0.2, -0.15) is 0 Å². The first-order chi connectivity index (χ1) is 15.9. The van der Waals surface area contributed by atoms with Gasteiger partial charge in [-0.05, 0) is 19.0 Å². The lowest BCUT2D eigenvalue weighted by Gasteiger charge is -2.19. The second-order valence-electron chi connectivity index (χ2n) is 9.37. The van der Waals surface area contributed by atoms with E-state index < -0.39 is 31.3 Å². The second kappa shape index (κ2) is 9.41. The van der Waals surface area contributed by atoms with Crippen LogP contribution in [-0.2, 0) is 23.1 Å². The number of esters is 1. The fraction of sp³-hybridized carbons (Fsp3) is 0.391. The number of hydrogen-bond acceptors (Lipinski definition) is 6. The average Bonchev–Trinajstić information content (AvgIpc) is 3.11. The first-order valence-corrected chi connectivity index (χ1v) is 14.4. The number of fused-ring (bicyclic) bond motifs is 1. The highest BCUT2D eigenvalue weighted by Gasteiger charge is 2.25. The molecule has 0 bridgehead atoms. The first-order valence-electron chi connectivity index (χ1n) is 10.7. The van der Waals surface area contributed by atoms with Gasteiger partial charge in [0.25, 0.3) is 11.5 Å². The Morgan fingerprint density at radius 3 is 2.50 bits per heavy atom. The Labute approximate surface area is 197 Å². The van der Waals surface area contributed by atoms with Crippen LogP contribution >= 0.6 is 0 Å². The van der Waals surface area contributed by atoms with E-state index in [-0.39, 0.29) is 45.6 Å². The molecule has 0 atom stereocenters. The van der Waals surface area contributed by atoms with Crippen molar-refractivity contribution >= 4 is 31.0 Å². The fourth-order valence-corrected chi connectivity index (χ4v) is 4.31. The predicted molar refractivity (Wildman–Crippen MR) is 129 cm³/mol. The van der Waals surface area contributed by atoms with Crippen molar-refractivity contribution in [2.24, 2.45) is 12.8 Å². The van der Waals surface area contributed by atoms with Crippen molar-refractivity contribution in [3.8, 4) is 16.9 Å². The largest absolute Gasteiger partial charge is 0.493 e. The molecule has 3 aromatic rings. The maximum absolute atomic E-state index is 15.7. The van der Waals surface area contributed by atoms with Crippen molar-refractivity contribution in [1.82, 2.24) is 14.1 Å². The monoisotopic (exact) mass is 488 g/mol. The zero-order valence-corrected chi connectivity index (χ0v) is 21.2. The van der Waals surface area contributed by atoms with E-state index in [9.17, 15) is 14.4 Å². The standard InChI is InChI=1S/C23H29FN4O5Si/c1-13-19(24)14(9-15(21(25)30)20(13)33-7-8-34(4,5)6)16-10-28(11-17(29)32-3)22-18(16)23(31)27(2)12-26-22/h9-10,12H,7-8,11H2,1-6H3,(H2,25,30). The quantitative estimate of drug-likeness (QED) is 0.385. The minimum absolute atomic E-state index is 0.0115. The highest BCUT2D eigenvalue weighted by Crippen LogP contribution is 2.37. The number of carbonyl (C=O) groups is 2.